The normalized spacial score (nSPS) is 11.3. The zero-order valence-electron chi connectivity index (χ0n) is 11.2. The van der Waals surface area contributed by atoms with Gasteiger partial charge in [0.2, 0.25) is 5.75 Å². The smallest absolute Gasteiger partial charge is 0.336 e. The molecule has 0 aliphatic heterocycles. The van der Waals surface area contributed by atoms with Gasteiger partial charge in [0.15, 0.2) is 16.0 Å². The maximum absolute atomic E-state index is 11.8. The lowest BCUT2D eigenvalue weighted by Crippen LogP contribution is -2.19. The fraction of sp³-hybridized carbons (Fsp3) is 0.143. The van der Waals surface area contributed by atoms with E-state index in [0.717, 1.165) is 0 Å². The summed E-state index contributed by atoms with van der Waals surface area (Å²) in [6, 6.07) is 4.40. The molecule has 0 saturated heterocycles. The molecule has 6 nitrogen and oxygen atoms in total. The molecule has 1 amide bonds. The largest absolute Gasteiger partial charge is 0.490 e. The average Bonchev–Trinajstić information content (AvgIpc) is 2.95. The van der Waals surface area contributed by atoms with E-state index in [4.69, 9.17) is 36.8 Å². The van der Waals surface area contributed by atoms with Crippen molar-refractivity contribution in [3.05, 3.63) is 34.9 Å². The molecule has 0 aliphatic rings. The molecule has 0 unspecified atom stereocenters. The number of ether oxygens (including phenoxy) is 1. The standard InChI is InChI=1S/C14H9Cl2NO5/c1-20-12-10-7(4-5-21-10)9(17-14(19)13(15)16)6-2-3-8(18)22-11(6)12/h2-5,13H,1H3,(H,17,19). The number of fused-ring (bicyclic) bond motifs is 2. The summed E-state index contributed by atoms with van der Waals surface area (Å²) < 4.78 is 15.8. The van der Waals surface area contributed by atoms with Gasteiger partial charge < -0.3 is 18.9 Å². The van der Waals surface area contributed by atoms with Crippen LogP contribution in [0.4, 0.5) is 5.69 Å². The molecule has 0 bridgehead atoms. The topological polar surface area (TPSA) is 81.7 Å². The summed E-state index contributed by atoms with van der Waals surface area (Å²) in [6.45, 7) is 0. The number of benzene rings is 1. The number of rotatable bonds is 3. The molecule has 1 N–H and O–H groups in total. The molecule has 3 aromatic rings. The summed E-state index contributed by atoms with van der Waals surface area (Å²) in [6.07, 6.45) is 1.43. The first-order valence-electron chi connectivity index (χ1n) is 6.13. The van der Waals surface area contributed by atoms with Crippen molar-refractivity contribution >= 4 is 56.7 Å². The number of carbonyl (C=O) groups excluding carboxylic acids is 1. The number of furan rings is 1. The lowest BCUT2D eigenvalue weighted by atomic mass is 10.1. The van der Waals surface area contributed by atoms with Crippen LogP contribution >= 0.6 is 23.2 Å². The number of alkyl halides is 2. The van der Waals surface area contributed by atoms with Crippen LogP contribution in [0.1, 0.15) is 0 Å². The molecule has 0 aliphatic carbocycles. The first-order valence-corrected chi connectivity index (χ1v) is 7.00. The van der Waals surface area contributed by atoms with Crippen LogP contribution in [0.5, 0.6) is 5.75 Å². The maximum atomic E-state index is 11.8. The van der Waals surface area contributed by atoms with Crippen molar-refractivity contribution < 1.29 is 18.4 Å². The Labute approximate surface area is 133 Å². The first-order chi connectivity index (χ1) is 10.5. The van der Waals surface area contributed by atoms with Crippen molar-refractivity contribution in [1.29, 1.82) is 0 Å². The Balaban J connectivity index is 2.39. The van der Waals surface area contributed by atoms with Crippen molar-refractivity contribution in [2.24, 2.45) is 0 Å². The van der Waals surface area contributed by atoms with Crippen LogP contribution < -0.4 is 15.7 Å². The first kappa shape index (κ1) is 14.7. The van der Waals surface area contributed by atoms with Crippen molar-refractivity contribution in [2.75, 3.05) is 12.4 Å². The lowest BCUT2D eigenvalue weighted by Gasteiger charge is -2.12. The summed E-state index contributed by atoms with van der Waals surface area (Å²) in [4.78, 5) is 22.1. The van der Waals surface area contributed by atoms with Gasteiger partial charge in [-0.15, -0.1) is 0 Å². The Kier molecular flexibility index (Phi) is 3.72. The number of anilines is 1. The van der Waals surface area contributed by atoms with Crippen LogP contribution in [0, 0.1) is 0 Å². The van der Waals surface area contributed by atoms with Gasteiger partial charge >= 0.3 is 5.63 Å². The van der Waals surface area contributed by atoms with Crippen LogP contribution in [0.3, 0.4) is 0 Å². The van der Waals surface area contributed by atoms with Gasteiger partial charge in [-0.3, -0.25) is 4.79 Å². The molecular formula is C14H9Cl2NO5. The van der Waals surface area contributed by atoms with Crippen molar-refractivity contribution in [2.45, 2.75) is 4.84 Å². The molecule has 0 saturated carbocycles. The van der Waals surface area contributed by atoms with E-state index >= 15 is 0 Å². The number of nitrogens with one attached hydrogen (secondary N) is 1. The van der Waals surface area contributed by atoms with E-state index in [1.54, 1.807) is 6.07 Å². The van der Waals surface area contributed by atoms with Gasteiger partial charge in [-0.05, 0) is 12.1 Å². The Morgan fingerprint density at radius 3 is 2.64 bits per heavy atom. The Morgan fingerprint density at radius 2 is 1.95 bits per heavy atom. The molecule has 2 heterocycles. The van der Waals surface area contributed by atoms with E-state index < -0.39 is 16.4 Å². The molecule has 0 atom stereocenters. The van der Waals surface area contributed by atoms with Crippen LogP contribution in [0.15, 0.2) is 38.1 Å². The predicted octanol–water partition coefficient (Wildman–Crippen LogP) is 3.29. The monoisotopic (exact) mass is 341 g/mol. The predicted molar refractivity (Wildman–Crippen MR) is 82.9 cm³/mol. The molecule has 3 rings (SSSR count). The summed E-state index contributed by atoms with van der Waals surface area (Å²) in [5.41, 5.74) is 0.315. The third-order valence-electron chi connectivity index (χ3n) is 3.10. The number of hydrogen-bond donors (Lipinski definition) is 1. The van der Waals surface area contributed by atoms with E-state index in [1.807, 2.05) is 0 Å². The molecular weight excluding hydrogens is 333 g/mol. The van der Waals surface area contributed by atoms with Gasteiger partial charge in [-0.1, -0.05) is 23.2 Å². The van der Waals surface area contributed by atoms with Gasteiger partial charge in [0.05, 0.1) is 19.1 Å². The van der Waals surface area contributed by atoms with Gasteiger partial charge in [-0.2, -0.15) is 0 Å². The number of carbonyl (C=O) groups is 1. The van der Waals surface area contributed by atoms with Gasteiger partial charge in [0.25, 0.3) is 5.91 Å². The summed E-state index contributed by atoms with van der Waals surface area (Å²) in [5.74, 6) is -0.345. The highest BCUT2D eigenvalue weighted by molar-refractivity contribution is 6.54. The minimum absolute atomic E-state index is 0.161. The fourth-order valence-corrected chi connectivity index (χ4v) is 2.32. The summed E-state index contributed by atoms with van der Waals surface area (Å²) in [5, 5.41) is 3.64. The number of hydrogen-bond acceptors (Lipinski definition) is 5. The minimum Gasteiger partial charge on any atom is -0.490 e. The molecule has 2 aromatic heterocycles. The highest BCUT2D eigenvalue weighted by Gasteiger charge is 2.22. The molecule has 0 radical (unpaired) electrons. The average molecular weight is 342 g/mol. The van der Waals surface area contributed by atoms with Crippen LogP contribution in [0.2, 0.25) is 0 Å². The number of amides is 1. The zero-order chi connectivity index (χ0) is 15.9. The van der Waals surface area contributed by atoms with E-state index in [0.29, 0.717) is 22.0 Å². The molecule has 0 fully saturated rings. The van der Waals surface area contributed by atoms with Crippen LogP contribution in [-0.2, 0) is 4.79 Å². The highest BCUT2D eigenvalue weighted by atomic mass is 35.5. The second-order valence-corrected chi connectivity index (χ2v) is 5.46. The minimum atomic E-state index is -1.24. The van der Waals surface area contributed by atoms with Gasteiger partial charge in [-0.25, -0.2) is 4.79 Å². The molecule has 0 spiro atoms. The SMILES string of the molecule is COc1c2occc2c(NC(=O)C(Cl)Cl)c2ccc(=O)oc12. The number of methoxy groups -OCH3 is 1. The van der Waals surface area contributed by atoms with E-state index in [2.05, 4.69) is 5.32 Å². The zero-order valence-corrected chi connectivity index (χ0v) is 12.7. The maximum Gasteiger partial charge on any atom is 0.336 e. The molecule has 114 valence electrons. The van der Waals surface area contributed by atoms with Crippen molar-refractivity contribution in [3.8, 4) is 5.75 Å². The second-order valence-electron chi connectivity index (χ2n) is 4.36. The van der Waals surface area contributed by atoms with Crippen molar-refractivity contribution in [3.63, 3.8) is 0 Å². The highest BCUT2D eigenvalue weighted by Crippen LogP contribution is 2.41. The summed E-state index contributed by atoms with van der Waals surface area (Å²) >= 11 is 11.1. The van der Waals surface area contributed by atoms with E-state index in [-0.39, 0.29) is 11.3 Å². The molecule has 8 heteroatoms. The summed E-state index contributed by atoms with van der Waals surface area (Å²) in [7, 11) is 1.43. The van der Waals surface area contributed by atoms with Gasteiger partial charge in [0.1, 0.15) is 0 Å². The Bertz CT molecular complexity index is 928. The van der Waals surface area contributed by atoms with E-state index in [9.17, 15) is 9.59 Å². The third-order valence-corrected chi connectivity index (χ3v) is 3.50. The van der Waals surface area contributed by atoms with E-state index in [1.165, 1.54) is 25.5 Å². The lowest BCUT2D eigenvalue weighted by molar-refractivity contribution is -0.114. The Hall–Kier alpha value is -2.18. The fourth-order valence-electron chi connectivity index (χ4n) is 2.21. The quantitative estimate of drug-likeness (QED) is 0.583. The van der Waals surface area contributed by atoms with Crippen molar-refractivity contribution in [1.82, 2.24) is 0 Å². The molecule has 22 heavy (non-hydrogen) atoms. The van der Waals surface area contributed by atoms with Crippen LogP contribution in [-0.4, -0.2) is 17.9 Å². The third kappa shape index (κ3) is 2.30. The van der Waals surface area contributed by atoms with Crippen LogP contribution in [0.25, 0.3) is 21.9 Å². The number of halogens is 2. The molecule has 1 aromatic carbocycles. The van der Waals surface area contributed by atoms with Gasteiger partial charge in [0, 0.05) is 16.8 Å². The Morgan fingerprint density at radius 1 is 1.23 bits per heavy atom. The second kappa shape index (κ2) is 5.55.